The lowest BCUT2D eigenvalue weighted by atomic mass is 10.0. The molecule has 0 saturated heterocycles. The third-order valence-corrected chi connectivity index (χ3v) is 5.86. The van der Waals surface area contributed by atoms with Crippen LogP contribution in [0.3, 0.4) is 0 Å². The van der Waals surface area contributed by atoms with E-state index in [9.17, 15) is 17.6 Å². The van der Waals surface area contributed by atoms with Crippen molar-refractivity contribution < 1.29 is 17.6 Å². The number of aryl methyl sites for hydroxylation is 2. The summed E-state index contributed by atoms with van der Waals surface area (Å²) < 4.78 is 40.8. The van der Waals surface area contributed by atoms with Crippen LogP contribution in [0.4, 0.5) is 10.1 Å². The number of carbonyl (C=O) groups excluding carboxylic acids is 1. The quantitative estimate of drug-likeness (QED) is 0.605. The molecule has 7 heteroatoms. The van der Waals surface area contributed by atoms with Gasteiger partial charge < -0.3 is 0 Å². The van der Waals surface area contributed by atoms with Crippen LogP contribution in [0.25, 0.3) is 0 Å². The molecule has 0 aliphatic rings. The van der Waals surface area contributed by atoms with Gasteiger partial charge in [-0.1, -0.05) is 18.2 Å². The van der Waals surface area contributed by atoms with Gasteiger partial charge in [0.05, 0.1) is 4.90 Å². The van der Waals surface area contributed by atoms with Crippen LogP contribution >= 0.6 is 0 Å². The zero-order valence-corrected chi connectivity index (χ0v) is 16.7. The fourth-order valence-corrected chi connectivity index (χ4v) is 3.90. The first-order valence-electron chi connectivity index (χ1n) is 9.12. The van der Waals surface area contributed by atoms with Crippen molar-refractivity contribution >= 4 is 21.5 Å². The van der Waals surface area contributed by atoms with Gasteiger partial charge in [-0.05, 0) is 66.4 Å². The van der Waals surface area contributed by atoms with E-state index in [2.05, 4.69) is 9.71 Å². The van der Waals surface area contributed by atoms with Crippen LogP contribution in [0.1, 0.15) is 23.1 Å². The molecule has 1 heterocycles. The van der Waals surface area contributed by atoms with Gasteiger partial charge in [-0.2, -0.15) is 0 Å². The van der Waals surface area contributed by atoms with Crippen LogP contribution in [0.2, 0.25) is 0 Å². The van der Waals surface area contributed by atoms with E-state index >= 15 is 0 Å². The Balaban J connectivity index is 1.61. The van der Waals surface area contributed by atoms with Crippen LogP contribution in [0, 0.1) is 12.7 Å². The molecule has 0 spiro atoms. The molecule has 0 radical (unpaired) electrons. The highest BCUT2D eigenvalue weighted by atomic mass is 32.2. The monoisotopic (exact) mass is 412 g/mol. The van der Waals surface area contributed by atoms with Crippen LogP contribution < -0.4 is 4.72 Å². The normalized spacial score (nSPS) is 11.2. The summed E-state index contributed by atoms with van der Waals surface area (Å²) in [7, 11) is -3.80. The molecular formula is C22H21FN2O3S. The summed E-state index contributed by atoms with van der Waals surface area (Å²) in [4.78, 5) is 16.3. The maximum Gasteiger partial charge on any atom is 0.261 e. The van der Waals surface area contributed by atoms with Crippen molar-refractivity contribution in [2.75, 3.05) is 4.72 Å². The Hall–Kier alpha value is -3.06. The highest BCUT2D eigenvalue weighted by molar-refractivity contribution is 7.92. The third kappa shape index (κ3) is 5.71. The highest BCUT2D eigenvalue weighted by Crippen LogP contribution is 2.19. The molecule has 3 aromatic rings. The summed E-state index contributed by atoms with van der Waals surface area (Å²) >= 11 is 0. The Morgan fingerprint density at radius 3 is 2.48 bits per heavy atom. The second-order valence-electron chi connectivity index (χ2n) is 6.79. The Morgan fingerprint density at radius 1 is 1.07 bits per heavy atom. The van der Waals surface area contributed by atoms with E-state index in [1.807, 2.05) is 12.1 Å². The Labute approximate surface area is 169 Å². The minimum atomic E-state index is -3.80. The van der Waals surface area contributed by atoms with Gasteiger partial charge in [0.1, 0.15) is 11.6 Å². The number of nitrogens with one attached hydrogen (secondary N) is 1. The van der Waals surface area contributed by atoms with Crippen LogP contribution in [-0.2, 0) is 27.7 Å². The second-order valence-corrected chi connectivity index (χ2v) is 8.47. The molecule has 0 saturated carbocycles. The van der Waals surface area contributed by atoms with Gasteiger partial charge in [-0.3, -0.25) is 14.5 Å². The summed E-state index contributed by atoms with van der Waals surface area (Å²) in [5.41, 5.74) is 2.39. The first-order chi connectivity index (χ1) is 13.8. The summed E-state index contributed by atoms with van der Waals surface area (Å²) in [6.07, 6.45) is 4.69. The molecular weight excluding hydrogens is 391 g/mol. The zero-order valence-electron chi connectivity index (χ0n) is 15.9. The smallest absolute Gasteiger partial charge is 0.261 e. The zero-order chi connectivity index (χ0) is 20.9. The first kappa shape index (κ1) is 20.7. The van der Waals surface area contributed by atoms with Crippen LogP contribution in [0.15, 0.2) is 71.9 Å². The molecule has 0 fully saturated rings. The van der Waals surface area contributed by atoms with Crippen molar-refractivity contribution in [3.05, 3.63) is 89.5 Å². The number of Topliss-reactive ketones (excluding diaryl/α,β-unsaturated/α-hetero) is 1. The van der Waals surface area contributed by atoms with Crippen molar-refractivity contribution in [1.82, 2.24) is 4.98 Å². The average molecular weight is 412 g/mol. The molecule has 0 atom stereocenters. The molecule has 1 aromatic heterocycles. The van der Waals surface area contributed by atoms with Gasteiger partial charge in [0, 0.05) is 30.9 Å². The van der Waals surface area contributed by atoms with Gasteiger partial charge >= 0.3 is 0 Å². The van der Waals surface area contributed by atoms with Crippen molar-refractivity contribution in [3.63, 3.8) is 0 Å². The van der Waals surface area contributed by atoms with E-state index in [4.69, 9.17) is 0 Å². The number of hydrogen-bond acceptors (Lipinski definition) is 4. The Morgan fingerprint density at radius 2 is 1.83 bits per heavy atom. The average Bonchev–Trinajstić information content (AvgIpc) is 2.70. The first-order valence-corrected chi connectivity index (χ1v) is 10.6. The molecule has 0 bridgehead atoms. The predicted octanol–water partition coefficient (Wildman–Crippen LogP) is 4.07. The third-order valence-electron chi connectivity index (χ3n) is 4.46. The molecule has 0 unspecified atom stereocenters. The minimum absolute atomic E-state index is 0.0735. The van der Waals surface area contributed by atoms with Gasteiger partial charge in [0.25, 0.3) is 10.0 Å². The van der Waals surface area contributed by atoms with Crippen molar-refractivity contribution in [1.29, 1.82) is 0 Å². The van der Waals surface area contributed by atoms with Gasteiger partial charge in [-0.25, -0.2) is 12.8 Å². The van der Waals surface area contributed by atoms with E-state index in [0.29, 0.717) is 24.1 Å². The fraction of sp³-hybridized carbons (Fsp3) is 0.182. The summed E-state index contributed by atoms with van der Waals surface area (Å²) in [6.45, 7) is 1.56. The molecule has 0 aliphatic heterocycles. The predicted molar refractivity (Wildman–Crippen MR) is 110 cm³/mol. The van der Waals surface area contributed by atoms with Gasteiger partial charge in [-0.15, -0.1) is 0 Å². The van der Waals surface area contributed by atoms with E-state index in [0.717, 1.165) is 11.1 Å². The lowest BCUT2D eigenvalue weighted by molar-refractivity contribution is -0.118. The van der Waals surface area contributed by atoms with Crippen LogP contribution in [0.5, 0.6) is 0 Å². The number of carbonyl (C=O) groups is 1. The number of aromatic nitrogens is 1. The number of hydrogen-bond donors (Lipinski definition) is 1. The molecule has 0 amide bonds. The largest absolute Gasteiger partial charge is 0.299 e. The number of nitrogens with zero attached hydrogens (tertiary/aromatic N) is 1. The second kappa shape index (κ2) is 8.96. The Bertz CT molecular complexity index is 1100. The topological polar surface area (TPSA) is 76.1 Å². The summed E-state index contributed by atoms with van der Waals surface area (Å²) in [5, 5.41) is 0. The Kier molecular flexibility index (Phi) is 6.39. The number of rotatable bonds is 8. The lowest BCUT2D eigenvalue weighted by Gasteiger charge is -2.10. The molecule has 0 aliphatic carbocycles. The highest BCUT2D eigenvalue weighted by Gasteiger charge is 2.15. The summed E-state index contributed by atoms with van der Waals surface area (Å²) in [6, 6.07) is 14.0. The SMILES string of the molecule is Cc1cc(NS(=O)(=O)c2ccc(CC(=O)CCc3cccnc3)cc2)ccc1F. The molecule has 29 heavy (non-hydrogen) atoms. The number of ketones is 1. The number of anilines is 1. The molecule has 1 N–H and O–H groups in total. The van der Waals surface area contributed by atoms with Gasteiger partial charge in [0.2, 0.25) is 0 Å². The molecule has 5 nitrogen and oxygen atoms in total. The number of halogens is 1. The van der Waals surface area contributed by atoms with Crippen molar-refractivity contribution in [2.24, 2.45) is 0 Å². The van der Waals surface area contributed by atoms with E-state index in [-0.39, 0.29) is 17.1 Å². The minimum Gasteiger partial charge on any atom is -0.299 e. The maximum absolute atomic E-state index is 13.3. The van der Waals surface area contributed by atoms with Crippen LogP contribution in [-0.4, -0.2) is 19.2 Å². The molecule has 2 aromatic carbocycles. The van der Waals surface area contributed by atoms with Gasteiger partial charge in [0.15, 0.2) is 0 Å². The van der Waals surface area contributed by atoms with Crippen molar-refractivity contribution in [2.45, 2.75) is 31.1 Å². The van der Waals surface area contributed by atoms with E-state index in [1.54, 1.807) is 31.5 Å². The summed E-state index contributed by atoms with van der Waals surface area (Å²) in [5.74, 6) is -0.324. The number of benzene rings is 2. The number of sulfonamides is 1. The van der Waals surface area contributed by atoms with E-state index in [1.165, 1.54) is 30.3 Å². The lowest BCUT2D eigenvalue weighted by Crippen LogP contribution is -2.13. The molecule has 3 rings (SSSR count). The standard InChI is InChI=1S/C22H21FN2O3S/c1-16-13-19(7-11-22(16)23)25-29(27,28)21-9-5-17(6-10-21)14-20(26)8-4-18-3-2-12-24-15-18/h2-3,5-7,9-13,15,25H,4,8,14H2,1H3. The molecule has 150 valence electrons. The number of pyridine rings is 1. The van der Waals surface area contributed by atoms with Crippen molar-refractivity contribution in [3.8, 4) is 0 Å². The fourth-order valence-electron chi connectivity index (χ4n) is 2.85. The maximum atomic E-state index is 13.3. The van der Waals surface area contributed by atoms with E-state index < -0.39 is 15.8 Å².